The van der Waals surface area contributed by atoms with E-state index < -0.39 is 45.1 Å². The SMILES string of the molecule is NS(=O)(=O)c1ccc2c(c1)-c1nc-2nc2[nH]c(nc3nc(nc4[nH]c(n1)c1ccc(S(=O)(=O)O)cc41)-c1ccc(S(=O)(=O)NCCCl)cc1-3)c1ccc(S(=O)(=O)NCCCl)cc21.[Cu]. The molecule has 0 saturated heterocycles. The van der Waals surface area contributed by atoms with Crippen molar-refractivity contribution in [2.45, 2.75) is 19.6 Å². The fourth-order valence-electron chi connectivity index (χ4n) is 6.89. The summed E-state index contributed by atoms with van der Waals surface area (Å²) >= 11 is 11.5. The summed E-state index contributed by atoms with van der Waals surface area (Å²) in [7, 11) is -17.1. The van der Waals surface area contributed by atoms with Crippen molar-refractivity contribution in [3.63, 3.8) is 0 Å². The van der Waals surface area contributed by atoms with Gasteiger partial charge in [0.25, 0.3) is 10.1 Å². The van der Waals surface area contributed by atoms with Crippen LogP contribution in [-0.2, 0) is 57.3 Å². The van der Waals surface area contributed by atoms with Crippen molar-refractivity contribution in [3.05, 3.63) is 72.8 Å². The molecule has 9 rings (SSSR count). The topological polar surface area (TPSA) is 316 Å². The Hall–Kier alpha value is -5.02. The molecule has 4 aromatic carbocycles. The van der Waals surface area contributed by atoms with E-state index in [0.717, 1.165) is 6.07 Å². The van der Waals surface area contributed by atoms with Gasteiger partial charge in [-0.1, -0.05) is 0 Å². The first kappa shape index (κ1) is 44.6. The smallest absolute Gasteiger partial charge is 0.294 e. The largest absolute Gasteiger partial charge is 0.324 e. The van der Waals surface area contributed by atoms with E-state index in [9.17, 15) is 38.2 Å². The summed E-state index contributed by atoms with van der Waals surface area (Å²) in [5.41, 5.74) is 1.22. The second-order valence-corrected chi connectivity index (χ2v) is 20.9. The summed E-state index contributed by atoms with van der Waals surface area (Å²) in [6.45, 7) is -0.107. The van der Waals surface area contributed by atoms with Crippen molar-refractivity contribution < 1.29 is 55.3 Å². The molecule has 7 aromatic rings. The molecule has 0 amide bonds. The predicted octanol–water partition coefficient (Wildman–Crippen LogP) is 3.80. The second-order valence-electron chi connectivity index (χ2n) is 13.6. The van der Waals surface area contributed by atoms with Crippen LogP contribution in [0.1, 0.15) is 0 Å². The molecule has 0 saturated carbocycles. The van der Waals surface area contributed by atoms with Crippen molar-refractivity contribution in [2.24, 2.45) is 5.14 Å². The number of hydrogen-bond acceptors (Lipinski definition) is 14. The Morgan fingerprint density at radius 2 is 0.857 bits per heavy atom. The normalized spacial score (nSPS) is 12.9. The molecule has 3 aromatic heterocycles. The van der Waals surface area contributed by atoms with Gasteiger partial charge < -0.3 is 9.97 Å². The van der Waals surface area contributed by atoms with Crippen molar-refractivity contribution in [2.75, 3.05) is 24.8 Å². The third kappa shape index (κ3) is 8.19. The number of rotatable bonds is 10. The van der Waals surface area contributed by atoms with Crippen molar-refractivity contribution >= 4 is 108 Å². The quantitative estimate of drug-likeness (QED) is 0.0645. The number of aromatic amines is 2. The third-order valence-corrected chi connectivity index (χ3v) is 14.8. The number of primary sulfonamides is 1. The first-order valence-electron chi connectivity index (χ1n) is 17.9. The first-order chi connectivity index (χ1) is 29.3. The second kappa shape index (κ2) is 16.2. The zero-order valence-electron chi connectivity index (χ0n) is 31.4. The Balaban J connectivity index is 0.00000544. The fraction of sp³-hybridized carbons (Fsp3) is 0.111. The maximum Gasteiger partial charge on any atom is 0.294 e. The molecule has 63 heavy (non-hydrogen) atoms. The van der Waals surface area contributed by atoms with Crippen LogP contribution in [0, 0.1) is 0 Å². The maximum atomic E-state index is 13.3. The number of hydrogen-bond donors (Lipinski definition) is 6. The van der Waals surface area contributed by atoms with E-state index in [0.29, 0.717) is 16.5 Å². The van der Waals surface area contributed by atoms with Crippen LogP contribution in [0.4, 0.5) is 0 Å². The number of benzene rings is 4. The molecule has 27 heteroatoms. The average molecular weight is 1020 g/mol. The Labute approximate surface area is 377 Å². The Bertz CT molecular complexity index is 3740. The Morgan fingerprint density at radius 1 is 0.492 bits per heavy atom. The summed E-state index contributed by atoms with van der Waals surface area (Å²) in [5.74, 6) is -0.0837. The number of halogens is 2. The van der Waals surface area contributed by atoms with Crippen LogP contribution in [0.5, 0.6) is 0 Å². The molecule has 0 fully saturated rings. The molecule has 1 radical (unpaired) electrons. The summed E-state index contributed by atoms with van der Waals surface area (Å²) < 4.78 is 118. The van der Waals surface area contributed by atoms with E-state index >= 15 is 0 Å². The maximum absolute atomic E-state index is 13.3. The van der Waals surface area contributed by atoms with Crippen LogP contribution in [0.25, 0.3) is 89.7 Å². The molecular formula is C36H27Cl2CuN11O9S4. The van der Waals surface area contributed by atoms with E-state index in [2.05, 4.69) is 24.4 Å². The molecule has 0 aliphatic carbocycles. The van der Waals surface area contributed by atoms with Crippen LogP contribution < -0.4 is 14.6 Å². The zero-order chi connectivity index (χ0) is 43.9. The van der Waals surface area contributed by atoms with E-state index in [1.54, 1.807) is 0 Å². The molecule has 2 aliphatic heterocycles. The molecule has 2 aliphatic rings. The third-order valence-electron chi connectivity index (χ3n) is 9.74. The van der Waals surface area contributed by atoms with Crippen molar-refractivity contribution in [1.29, 1.82) is 0 Å². The van der Waals surface area contributed by atoms with Gasteiger partial charge in [0.15, 0.2) is 23.3 Å². The summed E-state index contributed by atoms with van der Waals surface area (Å²) in [6.07, 6.45) is 0. The van der Waals surface area contributed by atoms with Gasteiger partial charge in [-0.25, -0.2) is 69.7 Å². The number of nitrogens with zero attached hydrogens (tertiary/aromatic N) is 6. The van der Waals surface area contributed by atoms with Crippen LogP contribution in [0.3, 0.4) is 0 Å². The van der Waals surface area contributed by atoms with Crippen LogP contribution in [0.15, 0.2) is 92.4 Å². The van der Waals surface area contributed by atoms with Crippen LogP contribution in [-0.4, -0.2) is 103 Å². The van der Waals surface area contributed by atoms with Crippen LogP contribution in [0.2, 0.25) is 0 Å². The van der Waals surface area contributed by atoms with E-state index in [1.165, 1.54) is 66.7 Å². The zero-order valence-corrected chi connectivity index (χ0v) is 37.1. The van der Waals surface area contributed by atoms with Gasteiger partial charge in [0.05, 0.1) is 19.6 Å². The molecule has 0 unspecified atom stereocenters. The van der Waals surface area contributed by atoms with Gasteiger partial charge in [-0.3, -0.25) is 4.55 Å². The van der Waals surface area contributed by atoms with Gasteiger partial charge in [0.2, 0.25) is 30.1 Å². The van der Waals surface area contributed by atoms with Gasteiger partial charge in [0, 0.05) is 85.7 Å². The number of nitrogens with two attached hydrogens (primary N) is 1. The van der Waals surface area contributed by atoms with Crippen molar-refractivity contribution in [1.82, 2.24) is 49.3 Å². The molecule has 5 heterocycles. The summed E-state index contributed by atoms with van der Waals surface area (Å²) in [4.78, 5) is 33.6. The van der Waals surface area contributed by atoms with E-state index in [1.807, 2.05) is 0 Å². The van der Waals surface area contributed by atoms with Gasteiger partial charge in [-0.15, -0.1) is 23.2 Å². The fourth-order valence-corrected chi connectivity index (χ4v) is 10.5. The van der Waals surface area contributed by atoms with Gasteiger partial charge in [-0.2, -0.15) is 8.42 Å². The minimum absolute atomic E-state index is 0. The number of sulfonamides is 3. The first-order valence-corrected chi connectivity index (χ1v) is 24.9. The molecule has 329 valence electrons. The van der Waals surface area contributed by atoms with E-state index in [-0.39, 0.29) is 130 Å². The number of nitrogens with one attached hydrogen (secondary N) is 4. The number of aromatic nitrogens is 8. The molecular weight excluding hydrogens is 993 g/mol. The monoisotopic (exact) mass is 1020 g/mol. The van der Waals surface area contributed by atoms with Crippen molar-refractivity contribution in [3.8, 4) is 45.6 Å². The predicted molar refractivity (Wildman–Crippen MR) is 229 cm³/mol. The van der Waals surface area contributed by atoms with Gasteiger partial charge in [0.1, 0.15) is 22.6 Å². The standard InChI is InChI=1S/C36H27Cl2N11O9S4.Cu/c37-9-11-40-60(52,53)18-2-6-22-26(14-18)34-44-29-21-5-1-17(59(39,50)51)13-25(21)33(42-29)43-32-24-8-4-20(62(56,57)58)16-28(24)36(49-32)48-31-23-7-3-19(61(54,55)41-12-10-38)15-27(23)35(47-31)46-30(22)45-34;/h1-8,13-16,40-41H,9-12H2,(H2,39,50,51)(H,56,57,58)(H2,42,43,44,45,46,47,48,49);. The molecule has 0 spiro atoms. The van der Waals surface area contributed by atoms with Gasteiger partial charge >= 0.3 is 0 Å². The Morgan fingerprint density at radius 3 is 1.30 bits per heavy atom. The summed E-state index contributed by atoms with van der Waals surface area (Å²) in [5, 5.41) is 6.54. The number of alkyl halides is 2. The average Bonchev–Trinajstić information content (AvgIpc) is 3.96. The minimum Gasteiger partial charge on any atom is -0.324 e. The summed E-state index contributed by atoms with van der Waals surface area (Å²) in [6, 6.07) is 16.0. The van der Waals surface area contributed by atoms with Crippen LogP contribution >= 0.6 is 23.2 Å². The molecule has 8 bridgehead atoms. The molecule has 7 N–H and O–H groups in total. The molecule has 20 nitrogen and oxygen atoms in total. The van der Waals surface area contributed by atoms with E-state index in [4.69, 9.17) is 53.3 Å². The Kier molecular flexibility index (Phi) is 11.5. The number of H-pyrrole nitrogens is 2. The molecule has 0 atom stereocenters. The van der Waals surface area contributed by atoms with Gasteiger partial charge in [-0.05, 0) is 72.8 Å². The minimum atomic E-state index is -4.72. The number of fused-ring (bicyclic) bond motifs is 20.